The van der Waals surface area contributed by atoms with Gasteiger partial charge in [0, 0.05) is 27.5 Å². The van der Waals surface area contributed by atoms with E-state index in [0.717, 1.165) is 32.1 Å². The molecule has 2 fully saturated rings. The molecule has 111 valence electrons. The van der Waals surface area contributed by atoms with Crippen molar-refractivity contribution in [2.75, 3.05) is 7.11 Å². The SMILES string of the molecule is [CH-]=CC1CCC(C2CCC(OC)C(F)C2F)CC1.[Re]. The van der Waals surface area contributed by atoms with Gasteiger partial charge >= 0.3 is 0 Å². The van der Waals surface area contributed by atoms with Gasteiger partial charge in [-0.05, 0) is 50.4 Å². The van der Waals surface area contributed by atoms with Crippen molar-refractivity contribution in [2.24, 2.45) is 17.8 Å². The van der Waals surface area contributed by atoms with Gasteiger partial charge in [-0.3, -0.25) is 6.08 Å². The molecule has 0 amide bonds. The van der Waals surface area contributed by atoms with E-state index in [1.165, 1.54) is 7.11 Å². The average molecular weight is 444 g/mol. The first-order valence-corrected chi connectivity index (χ1v) is 7.03. The number of ether oxygens (including phenoxy) is 1. The van der Waals surface area contributed by atoms with Gasteiger partial charge in [0.1, 0.15) is 6.17 Å². The molecule has 2 saturated carbocycles. The Morgan fingerprint density at radius 1 is 1.00 bits per heavy atom. The maximum absolute atomic E-state index is 14.2. The fourth-order valence-corrected chi connectivity index (χ4v) is 3.63. The van der Waals surface area contributed by atoms with Crippen LogP contribution in [0, 0.1) is 24.3 Å². The van der Waals surface area contributed by atoms with Gasteiger partial charge in [-0.2, -0.15) is 0 Å². The summed E-state index contributed by atoms with van der Waals surface area (Å²) in [4.78, 5) is 0. The molecule has 2 rings (SSSR count). The Balaban J connectivity index is 0.00000180. The van der Waals surface area contributed by atoms with Gasteiger partial charge in [0.15, 0.2) is 6.17 Å². The van der Waals surface area contributed by atoms with Crippen molar-refractivity contribution in [3.63, 3.8) is 0 Å². The summed E-state index contributed by atoms with van der Waals surface area (Å²) in [6.07, 6.45) is 3.80. The van der Waals surface area contributed by atoms with Crippen LogP contribution in [0.5, 0.6) is 0 Å². The fraction of sp³-hybridized carbons (Fsp3) is 0.867. The van der Waals surface area contributed by atoms with Gasteiger partial charge in [0.2, 0.25) is 0 Å². The van der Waals surface area contributed by atoms with Gasteiger partial charge in [0.25, 0.3) is 0 Å². The Bertz CT molecular complexity index is 279. The van der Waals surface area contributed by atoms with Crippen LogP contribution in [0.2, 0.25) is 0 Å². The number of allylic oxidation sites excluding steroid dienone is 1. The maximum atomic E-state index is 14.2. The molecule has 4 heteroatoms. The predicted octanol–water partition coefficient (Wildman–Crippen LogP) is 3.88. The molecule has 0 heterocycles. The first kappa shape index (κ1) is 17.3. The van der Waals surface area contributed by atoms with Gasteiger partial charge in [0.05, 0.1) is 6.10 Å². The number of hydrogen-bond acceptors (Lipinski definition) is 1. The molecule has 19 heavy (non-hydrogen) atoms. The minimum absolute atomic E-state index is 0. The zero-order chi connectivity index (χ0) is 13.1. The number of methoxy groups -OCH3 is 1. The summed E-state index contributed by atoms with van der Waals surface area (Å²) in [6.45, 7) is 5.54. The Hall–Kier alpha value is 0.222. The standard InChI is InChI=1S/C15H23F2O.Re/c1-3-10-4-6-11(7-5-10)12-8-9-13(18-2)15(17)14(12)16;/h1,3,10-15H,4-9H2,2H3;/q-1;. The number of rotatable bonds is 3. The predicted molar refractivity (Wildman–Crippen MR) is 67.6 cm³/mol. The molecule has 2 aliphatic carbocycles. The van der Waals surface area contributed by atoms with Crippen LogP contribution in [0.3, 0.4) is 0 Å². The van der Waals surface area contributed by atoms with E-state index in [4.69, 9.17) is 11.3 Å². The topological polar surface area (TPSA) is 9.23 Å². The number of alkyl halides is 2. The van der Waals surface area contributed by atoms with Crippen molar-refractivity contribution >= 4 is 0 Å². The van der Waals surface area contributed by atoms with Gasteiger partial charge in [-0.15, -0.1) is 0 Å². The number of hydrogen-bond donors (Lipinski definition) is 0. The molecule has 0 bridgehead atoms. The molecule has 0 aromatic rings. The van der Waals surface area contributed by atoms with Crippen LogP contribution < -0.4 is 0 Å². The fourth-order valence-electron chi connectivity index (χ4n) is 3.63. The second kappa shape index (κ2) is 7.86. The molecule has 0 N–H and O–H groups in total. The third-order valence-electron chi connectivity index (χ3n) is 4.85. The molecule has 0 aliphatic heterocycles. The smallest absolute Gasteiger partial charge is 0.157 e. The van der Waals surface area contributed by atoms with E-state index in [0.29, 0.717) is 18.3 Å². The summed E-state index contributed by atoms with van der Waals surface area (Å²) < 4.78 is 33.0. The Morgan fingerprint density at radius 2 is 1.63 bits per heavy atom. The molecular formula is C15H23F2ORe-. The normalized spacial score (nSPS) is 43.3. The van der Waals surface area contributed by atoms with Gasteiger partial charge in [-0.1, -0.05) is 5.92 Å². The summed E-state index contributed by atoms with van der Waals surface area (Å²) in [6, 6.07) is 0. The van der Waals surface area contributed by atoms with Gasteiger partial charge < -0.3 is 11.3 Å². The van der Waals surface area contributed by atoms with E-state index in [1.54, 1.807) is 6.08 Å². The van der Waals surface area contributed by atoms with Crippen LogP contribution in [0.1, 0.15) is 38.5 Å². The zero-order valence-corrected chi connectivity index (χ0v) is 14.1. The van der Waals surface area contributed by atoms with Crippen molar-refractivity contribution in [2.45, 2.75) is 57.0 Å². The molecule has 0 aromatic heterocycles. The summed E-state index contributed by atoms with van der Waals surface area (Å²) in [5, 5.41) is 0. The molecule has 0 saturated heterocycles. The monoisotopic (exact) mass is 444 g/mol. The molecule has 1 radical (unpaired) electrons. The second-order valence-corrected chi connectivity index (χ2v) is 5.77. The third kappa shape index (κ3) is 3.87. The molecule has 4 atom stereocenters. The molecule has 4 unspecified atom stereocenters. The van der Waals surface area contributed by atoms with Crippen LogP contribution in [-0.2, 0) is 25.2 Å². The second-order valence-electron chi connectivity index (χ2n) is 5.77. The maximum Gasteiger partial charge on any atom is 0.157 e. The molecule has 0 spiro atoms. The summed E-state index contributed by atoms with van der Waals surface area (Å²) in [5.41, 5.74) is 0. The molecule has 0 aromatic carbocycles. The largest absolute Gasteiger partial charge is 0.518 e. The van der Waals surface area contributed by atoms with Crippen molar-refractivity contribution in [3.05, 3.63) is 12.7 Å². The first-order valence-electron chi connectivity index (χ1n) is 7.03. The van der Waals surface area contributed by atoms with Crippen molar-refractivity contribution in [3.8, 4) is 0 Å². The van der Waals surface area contributed by atoms with E-state index < -0.39 is 18.4 Å². The molecule has 1 nitrogen and oxygen atoms in total. The van der Waals surface area contributed by atoms with Crippen LogP contribution in [0.25, 0.3) is 0 Å². The minimum Gasteiger partial charge on any atom is -0.518 e. The Kier molecular flexibility index (Phi) is 7.15. The van der Waals surface area contributed by atoms with E-state index in [1.807, 2.05) is 0 Å². The Morgan fingerprint density at radius 3 is 2.16 bits per heavy atom. The van der Waals surface area contributed by atoms with Crippen molar-refractivity contribution in [1.82, 2.24) is 0 Å². The average Bonchev–Trinajstić information content (AvgIpc) is 2.42. The van der Waals surface area contributed by atoms with Crippen LogP contribution in [0.15, 0.2) is 6.08 Å². The summed E-state index contributed by atoms with van der Waals surface area (Å²) in [5.74, 6) is 0.674. The zero-order valence-electron chi connectivity index (χ0n) is 11.4. The molecular weight excluding hydrogens is 420 g/mol. The van der Waals surface area contributed by atoms with E-state index in [2.05, 4.69) is 0 Å². The molecule has 2 aliphatic rings. The van der Waals surface area contributed by atoms with Crippen LogP contribution >= 0.6 is 0 Å². The first-order chi connectivity index (χ1) is 8.67. The summed E-state index contributed by atoms with van der Waals surface area (Å²) in [7, 11) is 1.46. The minimum atomic E-state index is -1.45. The quantitative estimate of drug-likeness (QED) is 0.602. The van der Waals surface area contributed by atoms with E-state index >= 15 is 0 Å². The van der Waals surface area contributed by atoms with Crippen molar-refractivity contribution in [1.29, 1.82) is 0 Å². The number of halogens is 2. The van der Waals surface area contributed by atoms with Gasteiger partial charge in [-0.25, -0.2) is 8.78 Å². The van der Waals surface area contributed by atoms with Crippen LogP contribution in [-0.4, -0.2) is 25.6 Å². The van der Waals surface area contributed by atoms with Crippen molar-refractivity contribution < 1.29 is 33.9 Å². The Labute approximate surface area is 128 Å². The van der Waals surface area contributed by atoms with E-state index in [-0.39, 0.29) is 26.3 Å². The van der Waals surface area contributed by atoms with Crippen LogP contribution in [0.4, 0.5) is 8.78 Å². The summed E-state index contributed by atoms with van der Waals surface area (Å²) >= 11 is 0. The van der Waals surface area contributed by atoms with E-state index in [9.17, 15) is 8.78 Å². The third-order valence-corrected chi connectivity index (χ3v) is 4.85.